The highest BCUT2D eigenvalue weighted by atomic mass is 16.5. The fraction of sp³-hybridized carbons (Fsp3) is 0.316. The molecule has 122 valence electrons. The smallest absolute Gasteiger partial charge is 0.207 e. The molecule has 0 bridgehead atoms. The zero-order valence-electron chi connectivity index (χ0n) is 13.8. The number of hydrogen-bond donors (Lipinski definition) is 1. The Morgan fingerprint density at radius 2 is 2.00 bits per heavy atom. The molecule has 0 fully saturated rings. The lowest BCUT2D eigenvalue weighted by molar-refractivity contribution is 0.0774. The summed E-state index contributed by atoms with van der Waals surface area (Å²) in [5.41, 5.74) is 7.94. The van der Waals surface area contributed by atoms with E-state index in [4.69, 9.17) is 15.2 Å². The van der Waals surface area contributed by atoms with Crippen LogP contribution in [0.25, 0.3) is 0 Å². The molecule has 4 nitrogen and oxygen atoms in total. The highest BCUT2D eigenvalue weighted by Crippen LogP contribution is 2.25. The SMILES string of the molecule is CCCC(Oc1cccc(N)c1)C(=O)c1cc(C)ccc1OC. The summed E-state index contributed by atoms with van der Waals surface area (Å²) in [6.45, 7) is 3.97. The summed E-state index contributed by atoms with van der Waals surface area (Å²) in [6, 6.07) is 12.7. The van der Waals surface area contributed by atoms with E-state index in [1.165, 1.54) is 0 Å². The number of anilines is 1. The van der Waals surface area contributed by atoms with Gasteiger partial charge in [0.05, 0.1) is 12.7 Å². The Kier molecular flexibility index (Phi) is 5.63. The van der Waals surface area contributed by atoms with Gasteiger partial charge in [0.15, 0.2) is 6.10 Å². The standard InChI is InChI=1S/C19H23NO3/c1-4-6-18(23-15-8-5-7-14(20)12-15)19(21)16-11-13(2)9-10-17(16)22-3/h5,7-12,18H,4,6,20H2,1-3H3. The lowest BCUT2D eigenvalue weighted by Gasteiger charge is -2.19. The number of ether oxygens (including phenoxy) is 2. The number of nitrogen functional groups attached to an aromatic ring is 1. The van der Waals surface area contributed by atoms with Crippen molar-refractivity contribution in [1.29, 1.82) is 0 Å². The van der Waals surface area contributed by atoms with Gasteiger partial charge in [0.25, 0.3) is 0 Å². The number of carbonyl (C=O) groups excluding carboxylic acids is 1. The molecule has 0 spiro atoms. The van der Waals surface area contributed by atoms with Crippen LogP contribution in [0.1, 0.15) is 35.7 Å². The van der Waals surface area contributed by atoms with E-state index in [9.17, 15) is 4.79 Å². The summed E-state index contributed by atoms with van der Waals surface area (Å²) in [5, 5.41) is 0. The lowest BCUT2D eigenvalue weighted by Crippen LogP contribution is -2.28. The van der Waals surface area contributed by atoms with E-state index in [-0.39, 0.29) is 5.78 Å². The topological polar surface area (TPSA) is 61.5 Å². The van der Waals surface area contributed by atoms with Crippen LogP contribution >= 0.6 is 0 Å². The number of benzene rings is 2. The Morgan fingerprint density at radius 3 is 2.65 bits per heavy atom. The number of nitrogens with two attached hydrogens (primary N) is 1. The van der Waals surface area contributed by atoms with Crippen LogP contribution < -0.4 is 15.2 Å². The first-order chi connectivity index (χ1) is 11.0. The predicted octanol–water partition coefficient (Wildman–Crippen LogP) is 4.02. The van der Waals surface area contributed by atoms with Gasteiger partial charge >= 0.3 is 0 Å². The molecule has 2 aromatic rings. The van der Waals surface area contributed by atoms with Crippen LogP contribution in [0.2, 0.25) is 0 Å². The van der Waals surface area contributed by atoms with Gasteiger partial charge in [0.1, 0.15) is 11.5 Å². The van der Waals surface area contributed by atoms with Crippen LogP contribution in [0, 0.1) is 6.92 Å². The Hall–Kier alpha value is -2.49. The van der Waals surface area contributed by atoms with Crippen molar-refractivity contribution in [3.63, 3.8) is 0 Å². The van der Waals surface area contributed by atoms with Crippen LogP contribution in [-0.2, 0) is 0 Å². The highest BCUT2D eigenvalue weighted by Gasteiger charge is 2.24. The van der Waals surface area contributed by atoms with Gasteiger partial charge < -0.3 is 15.2 Å². The van der Waals surface area contributed by atoms with E-state index in [0.717, 1.165) is 12.0 Å². The van der Waals surface area contributed by atoms with Gasteiger partial charge in [0.2, 0.25) is 5.78 Å². The molecule has 0 aliphatic carbocycles. The molecule has 2 aromatic carbocycles. The molecular weight excluding hydrogens is 290 g/mol. The largest absolute Gasteiger partial charge is 0.496 e. The van der Waals surface area contributed by atoms with Crippen molar-refractivity contribution in [1.82, 2.24) is 0 Å². The number of ketones is 1. The van der Waals surface area contributed by atoms with Gasteiger partial charge in [-0.3, -0.25) is 4.79 Å². The van der Waals surface area contributed by atoms with Gasteiger partial charge in [-0.1, -0.05) is 31.0 Å². The van der Waals surface area contributed by atoms with E-state index in [1.807, 2.05) is 38.1 Å². The molecule has 4 heteroatoms. The lowest BCUT2D eigenvalue weighted by atomic mass is 10.00. The number of methoxy groups -OCH3 is 1. The molecular formula is C19H23NO3. The van der Waals surface area contributed by atoms with Crippen molar-refractivity contribution >= 4 is 11.5 Å². The number of aryl methyl sites for hydroxylation is 1. The van der Waals surface area contributed by atoms with Crippen molar-refractivity contribution in [2.45, 2.75) is 32.8 Å². The van der Waals surface area contributed by atoms with Crippen LogP contribution in [0.3, 0.4) is 0 Å². The number of rotatable bonds is 7. The van der Waals surface area contributed by atoms with Crippen molar-refractivity contribution in [3.05, 3.63) is 53.6 Å². The van der Waals surface area contributed by atoms with Crippen LogP contribution in [0.4, 0.5) is 5.69 Å². The minimum atomic E-state index is -0.558. The number of carbonyl (C=O) groups is 1. The molecule has 0 aliphatic heterocycles. The predicted molar refractivity (Wildman–Crippen MR) is 92.2 cm³/mol. The second-order valence-electron chi connectivity index (χ2n) is 5.54. The van der Waals surface area contributed by atoms with Crippen LogP contribution in [0.15, 0.2) is 42.5 Å². The molecule has 0 saturated heterocycles. The minimum Gasteiger partial charge on any atom is -0.496 e. The molecule has 0 aromatic heterocycles. The Morgan fingerprint density at radius 1 is 1.22 bits per heavy atom. The monoisotopic (exact) mass is 313 g/mol. The molecule has 2 N–H and O–H groups in total. The first-order valence-electron chi connectivity index (χ1n) is 7.76. The fourth-order valence-electron chi connectivity index (χ4n) is 2.45. The summed E-state index contributed by atoms with van der Waals surface area (Å²) in [4.78, 5) is 12.9. The summed E-state index contributed by atoms with van der Waals surface area (Å²) < 4.78 is 11.2. The Bertz CT molecular complexity index is 682. The van der Waals surface area contributed by atoms with E-state index in [2.05, 4.69) is 0 Å². The molecule has 1 atom stereocenters. The van der Waals surface area contributed by atoms with Crippen LogP contribution in [0.5, 0.6) is 11.5 Å². The molecule has 0 radical (unpaired) electrons. The molecule has 0 saturated carbocycles. The molecule has 0 heterocycles. The van der Waals surface area contributed by atoms with E-state index in [1.54, 1.807) is 25.3 Å². The third-order valence-corrected chi connectivity index (χ3v) is 3.60. The van der Waals surface area contributed by atoms with Crippen molar-refractivity contribution in [2.24, 2.45) is 0 Å². The maximum atomic E-state index is 12.9. The summed E-state index contributed by atoms with van der Waals surface area (Å²) in [5.74, 6) is 1.09. The third kappa shape index (κ3) is 4.25. The van der Waals surface area contributed by atoms with Crippen molar-refractivity contribution in [3.8, 4) is 11.5 Å². The summed E-state index contributed by atoms with van der Waals surface area (Å²) >= 11 is 0. The summed E-state index contributed by atoms with van der Waals surface area (Å²) in [7, 11) is 1.56. The maximum absolute atomic E-state index is 12.9. The average Bonchev–Trinajstić information content (AvgIpc) is 2.54. The molecule has 0 amide bonds. The van der Waals surface area contributed by atoms with E-state index < -0.39 is 6.10 Å². The van der Waals surface area contributed by atoms with Crippen molar-refractivity contribution in [2.75, 3.05) is 12.8 Å². The zero-order valence-corrected chi connectivity index (χ0v) is 13.8. The quantitative estimate of drug-likeness (QED) is 0.619. The molecule has 2 rings (SSSR count). The zero-order chi connectivity index (χ0) is 16.8. The number of Topliss-reactive ketones (excluding diaryl/α,β-unsaturated/α-hetero) is 1. The minimum absolute atomic E-state index is 0.0742. The molecule has 23 heavy (non-hydrogen) atoms. The van der Waals surface area contributed by atoms with Crippen LogP contribution in [-0.4, -0.2) is 19.0 Å². The normalized spacial score (nSPS) is 11.8. The first-order valence-corrected chi connectivity index (χ1v) is 7.76. The van der Waals surface area contributed by atoms with E-state index >= 15 is 0 Å². The van der Waals surface area contributed by atoms with Crippen molar-refractivity contribution < 1.29 is 14.3 Å². The first kappa shape index (κ1) is 16.9. The van der Waals surface area contributed by atoms with Gasteiger partial charge in [-0.05, 0) is 37.6 Å². The van der Waals surface area contributed by atoms with Gasteiger partial charge in [-0.25, -0.2) is 0 Å². The van der Waals surface area contributed by atoms with E-state index in [0.29, 0.717) is 29.2 Å². The fourth-order valence-corrected chi connectivity index (χ4v) is 2.45. The van der Waals surface area contributed by atoms with Gasteiger partial charge in [0, 0.05) is 11.8 Å². The average molecular weight is 313 g/mol. The third-order valence-electron chi connectivity index (χ3n) is 3.60. The second kappa shape index (κ2) is 7.68. The summed E-state index contributed by atoms with van der Waals surface area (Å²) in [6.07, 6.45) is 0.912. The Labute approximate surface area is 137 Å². The Balaban J connectivity index is 2.30. The highest BCUT2D eigenvalue weighted by molar-refractivity contribution is 6.02. The van der Waals surface area contributed by atoms with Gasteiger partial charge in [-0.15, -0.1) is 0 Å². The molecule has 1 unspecified atom stereocenters. The number of hydrogen-bond acceptors (Lipinski definition) is 4. The second-order valence-corrected chi connectivity index (χ2v) is 5.54. The molecule has 0 aliphatic rings. The maximum Gasteiger partial charge on any atom is 0.207 e. The van der Waals surface area contributed by atoms with Gasteiger partial charge in [-0.2, -0.15) is 0 Å².